The van der Waals surface area contributed by atoms with E-state index in [0.29, 0.717) is 38.6 Å². The topological polar surface area (TPSA) is 105 Å². The molecular formula is C23H31Cl2N3O5. The second kappa shape index (κ2) is 9.43. The fourth-order valence-corrected chi connectivity index (χ4v) is 5.07. The number of carboxylic acid groups (broad SMARTS) is 2. The second-order valence-electron chi connectivity index (χ2n) is 9.94. The zero-order valence-corrected chi connectivity index (χ0v) is 21.5. The van der Waals surface area contributed by atoms with Crippen molar-refractivity contribution in [2.75, 3.05) is 6.54 Å². The minimum atomic E-state index is -1.55. The van der Waals surface area contributed by atoms with Crippen LogP contribution in [0.1, 0.15) is 54.2 Å². The van der Waals surface area contributed by atoms with Crippen LogP contribution in [0.25, 0.3) is 0 Å². The summed E-state index contributed by atoms with van der Waals surface area (Å²) in [5.41, 5.74) is -1.59. The quantitative estimate of drug-likeness (QED) is 0.443. The molecule has 0 radical (unpaired) electrons. The van der Waals surface area contributed by atoms with Gasteiger partial charge in [0, 0.05) is 10.0 Å². The van der Waals surface area contributed by atoms with Crippen molar-refractivity contribution in [1.29, 1.82) is 0 Å². The van der Waals surface area contributed by atoms with Crippen molar-refractivity contribution in [3.8, 4) is 11.5 Å². The molecule has 0 bridgehead atoms. The number of halogens is 2. The van der Waals surface area contributed by atoms with Crippen LogP contribution in [0.4, 0.5) is 9.59 Å². The van der Waals surface area contributed by atoms with E-state index in [4.69, 9.17) is 27.9 Å². The maximum absolute atomic E-state index is 11.8. The lowest BCUT2D eigenvalue weighted by atomic mass is 9.59. The fraction of sp³-hybridized carbons (Fsp3) is 0.522. The Labute approximate surface area is 204 Å². The molecule has 2 rings (SSSR count). The number of nitrogens with zero attached hydrogens (tertiary/aromatic N) is 3. The minimum absolute atomic E-state index is 0.318. The molecule has 0 saturated carbocycles. The molecule has 2 N–H and O–H groups in total. The Morgan fingerprint density at radius 3 is 1.88 bits per heavy atom. The monoisotopic (exact) mass is 499 g/mol. The highest BCUT2D eigenvalue weighted by atomic mass is 35.5. The van der Waals surface area contributed by atoms with Crippen molar-refractivity contribution < 1.29 is 24.5 Å². The molecule has 10 heteroatoms. The van der Waals surface area contributed by atoms with E-state index >= 15 is 0 Å². The first-order chi connectivity index (χ1) is 15.0. The van der Waals surface area contributed by atoms with Gasteiger partial charge in [-0.2, -0.15) is 5.10 Å². The molecule has 0 spiro atoms. The maximum Gasteiger partial charge on any atom is 0.416 e. The molecule has 0 aliphatic heterocycles. The van der Waals surface area contributed by atoms with Crippen molar-refractivity contribution in [1.82, 2.24) is 14.7 Å². The first-order valence-corrected chi connectivity index (χ1v) is 11.3. The van der Waals surface area contributed by atoms with Gasteiger partial charge in [-0.05, 0) is 35.4 Å². The number of ether oxygens (including phenoxy) is 1. The predicted octanol–water partition coefficient (Wildman–Crippen LogP) is 6.99. The average molecular weight is 500 g/mol. The summed E-state index contributed by atoms with van der Waals surface area (Å²) < 4.78 is 7.79. The Hall–Kier alpha value is -2.45. The fourth-order valence-electron chi connectivity index (χ4n) is 4.56. The highest BCUT2D eigenvalue weighted by Crippen LogP contribution is 2.51. The Bertz CT molecular complexity index is 989. The van der Waals surface area contributed by atoms with E-state index < -0.39 is 28.6 Å². The van der Waals surface area contributed by atoms with Gasteiger partial charge in [-0.3, -0.25) is 4.68 Å². The molecule has 8 nitrogen and oxygen atoms in total. The molecule has 1 heterocycles. The summed E-state index contributed by atoms with van der Waals surface area (Å²) in [5, 5.41) is 24.7. The van der Waals surface area contributed by atoms with E-state index in [-0.39, 0.29) is 6.54 Å². The molecular weight excluding hydrogens is 469 g/mol. The molecule has 1 aromatic heterocycles. The summed E-state index contributed by atoms with van der Waals surface area (Å²) in [6.45, 7) is 13.3. The number of benzene rings is 1. The Morgan fingerprint density at radius 2 is 1.48 bits per heavy atom. The van der Waals surface area contributed by atoms with Gasteiger partial charge in [0.05, 0.1) is 24.0 Å². The van der Waals surface area contributed by atoms with Crippen LogP contribution in [0.15, 0.2) is 24.4 Å². The van der Waals surface area contributed by atoms with Crippen molar-refractivity contribution in [2.45, 2.75) is 60.4 Å². The number of amides is 2. The third kappa shape index (κ3) is 5.22. The van der Waals surface area contributed by atoms with Gasteiger partial charge in [0.15, 0.2) is 5.75 Å². The van der Waals surface area contributed by atoms with E-state index in [0.717, 1.165) is 0 Å². The lowest BCUT2D eigenvalue weighted by molar-refractivity contribution is -0.0489. The van der Waals surface area contributed by atoms with Crippen molar-refractivity contribution >= 4 is 35.4 Å². The van der Waals surface area contributed by atoms with Gasteiger partial charge in [-0.15, -0.1) is 0 Å². The lowest BCUT2D eigenvalue weighted by Gasteiger charge is -2.54. The summed E-state index contributed by atoms with van der Waals surface area (Å²) in [6, 6.07) is 4.85. The molecule has 0 fully saturated rings. The summed E-state index contributed by atoms with van der Waals surface area (Å²) >= 11 is 12.2. The van der Waals surface area contributed by atoms with E-state index in [9.17, 15) is 19.8 Å². The van der Waals surface area contributed by atoms with E-state index in [2.05, 4.69) is 5.10 Å². The van der Waals surface area contributed by atoms with Crippen LogP contribution in [-0.2, 0) is 12.0 Å². The van der Waals surface area contributed by atoms with Gasteiger partial charge in [0.25, 0.3) is 0 Å². The molecule has 1 aromatic carbocycles. The number of imide groups is 1. The number of hydrogen-bond acceptors (Lipinski definition) is 4. The Morgan fingerprint density at radius 1 is 1.00 bits per heavy atom. The van der Waals surface area contributed by atoms with Crippen LogP contribution in [0, 0.1) is 10.8 Å². The molecule has 0 saturated heterocycles. The summed E-state index contributed by atoms with van der Waals surface area (Å²) in [5.74, 6) is 0.877. The van der Waals surface area contributed by atoms with Crippen LogP contribution < -0.4 is 4.74 Å². The Kier molecular flexibility index (Phi) is 7.65. The SMILES string of the molecule is CCc1c(Oc2cc(Cl)cc(Cl)c2)cnn1C(CN(C(=O)O)C(=O)O)(C(C)(C)C)C(C)(C)C. The number of carbonyl (C=O) groups is 2. The van der Waals surface area contributed by atoms with Crippen LogP contribution >= 0.6 is 23.2 Å². The van der Waals surface area contributed by atoms with Crippen molar-refractivity contribution in [2.24, 2.45) is 10.8 Å². The van der Waals surface area contributed by atoms with Crippen LogP contribution in [0.5, 0.6) is 11.5 Å². The molecule has 0 atom stereocenters. The molecule has 0 aliphatic rings. The first kappa shape index (κ1) is 26.8. The summed E-state index contributed by atoms with van der Waals surface area (Å²) in [7, 11) is 0. The molecule has 182 valence electrons. The highest BCUT2D eigenvalue weighted by molar-refractivity contribution is 6.34. The normalized spacial score (nSPS) is 12.5. The smallest absolute Gasteiger partial charge is 0.416 e. The van der Waals surface area contributed by atoms with Crippen molar-refractivity contribution in [3.63, 3.8) is 0 Å². The maximum atomic E-state index is 11.8. The predicted molar refractivity (Wildman–Crippen MR) is 128 cm³/mol. The van der Waals surface area contributed by atoms with Crippen LogP contribution in [-0.4, -0.2) is 43.6 Å². The van der Waals surface area contributed by atoms with Crippen molar-refractivity contribution in [3.05, 3.63) is 40.1 Å². The molecule has 2 amide bonds. The third-order valence-corrected chi connectivity index (χ3v) is 6.36. The largest absolute Gasteiger partial charge is 0.465 e. The standard InChI is InChI=1S/C23H31Cl2N3O5/c1-8-17-18(33-16-10-14(24)9-15(25)11-16)12-26-28(17)23(21(2,3)4,22(5,6)7)13-27(19(29)30)20(31)32/h9-12H,8,13H2,1-7H3,(H,29,30)(H,31,32). The molecule has 0 aliphatic carbocycles. The van der Waals surface area contributed by atoms with E-state index in [1.54, 1.807) is 29.1 Å². The third-order valence-electron chi connectivity index (χ3n) is 5.92. The molecule has 2 aromatic rings. The first-order valence-electron chi connectivity index (χ1n) is 10.5. The van der Waals surface area contributed by atoms with E-state index in [1.165, 1.54) is 0 Å². The van der Waals surface area contributed by atoms with Gasteiger partial charge >= 0.3 is 12.2 Å². The van der Waals surface area contributed by atoms with Gasteiger partial charge in [0.2, 0.25) is 0 Å². The molecule has 33 heavy (non-hydrogen) atoms. The van der Waals surface area contributed by atoms with Gasteiger partial charge in [-0.1, -0.05) is 71.7 Å². The second-order valence-corrected chi connectivity index (χ2v) is 10.8. The van der Waals surface area contributed by atoms with Crippen LogP contribution in [0.2, 0.25) is 10.0 Å². The average Bonchev–Trinajstić information content (AvgIpc) is 3.01. The highest BCUT2D eigenvalue weighted by Gasteiger charge is 2.56. The molecule has 0 unspecified atom stereocenters. The number of aromatic nitrogens is 2. The zero-order valence-electron chi connectivity index (χ0n) is 19.9. The van der Waals surface area contributed by atoms with Gasteiger partial charge in [0.1, 0.15) is 5.75 Å². The lowest BCUT2D eigenvalue weighted by Crippen LogP contribution is -2.63. The van der Waals surface area contributed by atoms with Gasteiger partial charge < -0.3 is 14.9 Å². The summed E-state index contributed by atoms with van der Waals surface area (Å²) in [6.07, 6.45) is -1.05. The minimum Gasteiger partial charge on any atom is -0.465 e. The van der Waals surface area contributed by atoms with Crippen LogP contribution in [0.3, 0.4) is 0 Å². The number of rotatable bonds is 6. The number of hydrogen-bond donors (Lipinski definition) is 2. The Balaban J connectivity index is 2.76. The van der Waals surface area contributed by atoms with E-state index in [1.807, 2.05) is 48.5 Å². The zero-order chi connectivity index (χ0) is 25.4. The van der Waals surface area contributed by atoms with Gasteiger partial charge in [-0.25, -0.2) is 14.5 Å². The summed E-state index contributed by atoms with van der Waals surface area (Å²) in [4.78, 5) is 24.1.